The van der Waals surface area contributed by atoms with Gasteiger partial charge >= 0.3 is 0 Å². The van der Waals surface area contributed by atoms with Gasteiger partial charge in [0.2, 0.25) is 0 Å². The molecule has 1 heterocycles. The number of carbonyl (C=O) groups is 1. The number of fused-ring (bicyclic) bond motifs is 1. The molecule has 78 valence electrons. The largest absolute Gasteiger partial charge is 0.383 e. The second kappa shape index (κ2) is 4.28. The minimum atomic E-state index is 0.650. The number of hydrogen-bond donors (Lipinski definition) is 0. The van der Waals surface area contributed by atoms with Gasteiger partial charge in [-0.25, -0.2) is 0 Å². The second-order valence-electron chi connectivity index (χ2n) is 3.40. The first-order chi connectivity index (χ1) is 7.36. The quantitative estimate of drug-likeness (QED) is 0.712. The average Bonchev–Trinajstić information content (AvgIpc) is 2.69. The third kappa shape index (κ3) is 1.78. The lowest BCUT2D eigenvalue weighted by atomic mass is 10.1. The first kappa shape index (κ1) is 9.93. The predicted molar refractivity (Wildman–Crippen MR) is 59.2 cm³/mol. The fourth-order valence-electron chi connectivity index (χ4n) is 1.76. The van der Waals surface area contributed by atoms with E-state index in [1.54, 1.807) is 7.11 Å². The number of para-hydroxylation sites is 1. The molecule has 0 radical (unpaired) electrons. The monoisotopic (exact) mass is 203 g/mol. The maximum Gasteiger partial charge on any atom is 0.152 e. The number of rotatable bonds is 4. The van der Waals surface area contributed by atoms with Crippen LogP contribution in [0.4, 0.5) is 0 Å². The Morgan fingerprint density at radius 3 is 3.00 bits per heavy atom. The Morgan fingerprint density at radius 1 is 1.40 bits per heavy atom. The molecular formula is C12H13NO2. The molecule has 15 heavy (non-hydrogen) atoms. The lowest BCUT2D eigenvalue weighted by Gasteiger charge is -2.05. The zero-order valence-electron chi connectivity index (χ0n) is 8.64. The molecular weight excluding hydrogens is 190 g/mol. The Bertz CT molecular complexity index is 473. The molecule has 0 aliphatic carbocycles. The van der Waals surface area contributed by atoms with E-state index in [4.69, 9.17) is 4.74 Å². The Kier molecular flexibility index (Phi) is 2.83. The van der Waals surface area contributed by atoms with Gasteiger partial charge in [-0.15, -0.1) is 0 Å². The van der Waals surface area contributed by atoms with Crippen molar-refractivity contribution in [1.29, 1.82) is 0 Å². The summed E-state index contributed by atoms with van der Waals surface area (Å²) in [7, 11) is 1.67. The van der Waals surface area contributed by atoms with Crippen LogP contribution in [0.5, 0.6) is 0 Å². The molecule has 0 N–H and O–H groups in total. The van der Waals surface area contributed by atoms with Crippen LogP contribution in [0.25, 0.3) is 10.9 Å². The standard InChI is InChI=1S/C12H13NO2/c1-15-8-7-13-6-5-10-3-2-4-11(9-14)12(10)13/h2-6,9H,7-8H2,1H3. The molecule has 2 rings (SSSR count). The minimum Gasteiger partial charge on any atom is -0.383 e. The highest BCUT2D eigenvalue weighted by Gasteiger charge is 2.04. The summed E-state index contributed by atoms with van der Waals surface area (Å²) in [5.74, 6) is 0. The highest BCUT2D eigenvalue weighted by Crippen LogP contribution is 2.18. The van der Waals surface area contributed by atoms with E-state index >= 15 is 0 Å². The molecule has 3 heteroatoms. The normalized spacial score (nSPS) is 10.7. The molecule has 0 aliphatic heterocycles. The van der Waals surface area contributed by atoms with Crippen molar-refractivity contribution in [3.8, 4) is 0 Å². The van der Waals surface area contributed by atoms with Gasteiger partial charge in [0.05, 0.1) is 12.1 Å². The highest BCUT2D eigenvalue weighted by atomic mass is 16.5. The van der Waals surface area contributed by atoms with Crippen LogP contribution in [0.1, 0.15) is 10.4 Å². The summed E-state index contributed by atoms with van der Waals surface area (Å²) >= 11 is 0. The molecule has 0 fully saturated rings. The van der Waals surface area contributed by atoms with Crippen molar-refractivity contribution in [1.82, 2.24) is 4.57 Å². The zero-order valence-corrected chi connectivity index (χ0v) is 8.64. The van der Waals surface area contributed by atoms with Crippen LogP contribution >= 0.6 is 0 Å². The number of ether oxygens (including phenoxy) is 1. The lowest BCUT2D eigenvalue weighted by Crippen LogP contribution is -2.03. The first-order valence-electron chi connectivity index (χ1n) is 4.89. The molecule has 0 unspecified atom stereocenters. The summed E-state index contributed by atoms with van der Waals surface area (Å²) in [5.41, 5.74) is 1.72. The van der Waals surface area contributed by atoms with Crippen molar-refractivity contribution >= 4 is 17.2 Å². The SMILES string of the molecule is COCCn1ccc2cccc(C=O)c21. The molecule has 3 nitrogen and oxygen atoms in total. The van der Waals surface area contributed by atoms with E-state index in [1.807, 2.05) is 35.0 Å². The molecule has 0 aliphatic rings. The fraction of sp³-hybridized carbons (Fsp3) is 0.250. The Hall–Kier alpha value is -1.61. The molecule has 0 spiro atoms. The first-order valence-corrected chi connectivity index (χ1v) is 4.89. The Labute approximate surface area is 88.3 Å². The summed E-state index contributed by atoms with van der Waals surface area (Å²) in [6.45, 7) is 1.42. The van der Waals surface area contributed by atoms with Gasteiger partial charge in [0.1, 0.15) is 0 Å². The van der Waals surface area contributed by atoms with Gasteiger partial charge in [0.25, 0.3) is 0 Å². The number of aromatic nitrogens is 1. The molecule has 0 saturated carbocycles. The molecule has 0 atom stereocenters. The maximum absolute atomic E-state index is 10.9. The predicted octanol–water partition coefficient (Wildman–Crippen LogP) is 2.10. The van der Waals surface area contributed by atoms with Crippen molar-refractivity contribution in [2.24, 2.45) is 0 Å². The van der Waals surface area contributed by atoms with Crippen molar-refractivity contribution in [3.63, 3.8) is 0 Å². The summed E-state index contributed by atoms with van der Waals surface area (Å²) < 4.78 is 7.07. The van der Waals surface area contributed by atoms with Gasteiger partial charge in [-0.1, -0.05) is 12.1 Å². The summed E-state index contributed by atoms with van der Waals surface area (Å²) in [4.78, 5) is 10.9. The van der Waals surface area contributed by atoms with Crippen LogP contribution < -0.4 is 0 Å². The van der Waals surface area contributed by atoms with E-state index in [0.29, 0.717) is 6.61 Å². The third-order valence-corrected chi connectivity index (χ3v) is 2.48. The van der Waals surface area contributed by atoms with Crippen molar-refractivity contribution in [3.05, 3.63) is 36.0 Å². The number of methoxy groups -OCH3 is 1. The fourth-order valence-corrected chi connectivity index (χ4v) is 1.76. The maximum atomic E-state index is 10.9. The molecule has 1 aromatic heterocycles. The van der Waals surface area contributed by atoms with Crippen LogP contribution in [0, 0.1) is 0 Å². The van der Waals surface area contributed by atoms with E-state index in [0.717, 1.165) is 29.3 Å². The van der Waals surface area contributed by atoms with Crippen LogP contribution in [-0.2, 0) is 11.3 Å². The van der Waals surface area contributed by atoms with E-state index in [-0.39, 0.29) is 0 Å². The van der Waals surface area contributed by atoms with E-state index in [1.165, 1.54) is 0 Å². The number of benzene rings is 1. The summed E-state index contributed by atoms with van der Waals surface area (Å²) in [6, 6.07) is 7.75. The minimum absolute atomic E-state index is 0.650. The zero-order chi connectivity index (χ0) is 10.7. The number of carbonyl (C=O) groups excluding carboxylic acids is 1. The van der Waals surface area contributed by atoms with Crippen molar-refractivity contribution < 1.29 is 9.53 Å². The average molecular weight is 203 g/mol. The van der Waals surface area contributed by atoms with Crippen LogP contribution in [0.2, 0.25) is 0 Å². The molecule has 0 amide bonds. The smallest absolute Gasteiger partial charge is 0.152 e. The Morgan fingerprint density at radius 2 is 2.27 bits per heavy atom. The molecule has 1 aromatic carbocycles. The van der Waals surface area contributed by atoms with Crippen LogP contribution in [0.3, 0.4) is 0 Å². The summed E-state index contributed by atoms with van der Waals surface area (Å²) in [5, 5.41) is 1.09. The summed E-state index contributed by atoms with van der Waals surface area (Å²) in [6.07, 6.45) is 2.88. The van der Waals surface area contributed by atoms with Crippen molar-refractivity contribution in [2.75, 3.05) is 13.7 Å². The second-order valence-corrected chi connectivity index (χ2v) is 3.40. The number of hydrogen-bond acceptors (Lipinski definition) is 2. The van der Waals surface area contributed by atoms with Gasteiger partial charge in [-0.05, 0) is 12.1 Å². The van der Waals surface area contributed by atoms with Crippen molar-refractivity contribution in [2.45, 2.75) is 6.54 Å². The highest BCUT2D eigenvalue weighted by molar-refractivity contribution is 5.96. The molecule has 0 saturated heterocycles. The number of aldehydes is 1. The van der Waals surface area contributed by atoms with E-state index in [9.17, 15) is 4.79 Å². The van der Waals surface area contributed by atoms with E-state index in [2.05, 4.69) is 0 Å². The van der Waals surface area contributed by atoms with Gasteiger partial charge in [-0.2, -0.15) is 0 Å². The van der Waals surface area contributed by atoms with Gasteiger partial charge in [-0.3, -0.25) is 4.79 Å². The van der Waals surface area contributed by atoms with Crippen LogP contribution in [-0.4, -0.2) is 24.6 Å². The van der Waals surface area contributed by atoms with E-state index < -0.39 is 0 Å². The van der Waals surface area contributed by atoms with Gasteiger partial charge < -0.3 is 9.30 Å². The lowest BCUT2D eigenvalue weighted by molar-refractivity contribution is 0.112. The van der Waals surface area contributed by atoms with Gasteiger partial charge in [0, 0.05) is 30.8 Å². The molecule has 2 aromatic rings. The molecule has 0 bridgehead atoms. The topological polar surface area (TPSA) is 31.2 Å². The Balaban J connectivity index is 2.50. The van der Waals surface area contributed by atoms with Crippen LogP contribution in [0.15, 0.2) is 30.5 Å². The van der Waals surface area contributed by atoms with Gasteiger partial charge in [0.15, 0.2) is 6.29 Å². The third-order valence-electron chi connectivity index (χ3n) is 2.48. The number of nitrogens with zero attached hydrogens (tertiary/aromatic N) is 1.